The van der Waals surface area contributed by atoms with E-state index in [4.69, 9.17) is 4.98 Å². The van der Waals surface area contributed by atoms with Crippen molar-refractivity contribution in [3.05, 3.63) is 134 Å². The summed E-state index contributed by atoms with van der Waals surface area (Å²) in [7, 11) is 0. The molecule has 0 radical (unpaired) electrons. The average Bonchev–Trinajstić information content (AvgIpc) is 2.94. The smallest absolute Gasteiger partial charge is 0.0730 e. The highest BCUT2D eigenvalue weighted by molar-refractivity contribution is 5.85. The Morgan fingerprint density at radius 3 is 1.94 bits per heavy atom. The largest absolute Gasteiger partial charge is 0.337 e. The van der Waals surface area contributed by atoms with Gasteiger partial charge in [0.25, 0.3) is 0 Å². The first kappa shape index (κ1) is 19.8. The van der Waals surface area contributed by atoms with Crippen molar-refractivity contribution >= 4 is 16.9 Å². The Bertz CT molecular complexity index is 1240. The minimum Gasteiger partial charge on any atom is -0.337 e. The van der Waals surface area contributed by atoms with E-state index in [0.717, 1.165) is 51.6 Å². The number of fused-ring (bicyclic) bond motifs is 1. The van der Waals surface area contributed by atoms with Crippen LogP contribution in [-0.2, 0) is 0 Å². The number of aromatic nitrogens is 1. The van der Waals surface area contributed by atoms with Crippen LogP contribution >= 0.6 is 0 Å². The molecule has 154 valence electrons. The molecule has 3 aromatic carbocycles. The maximum atomic E-state index is 5.03. The van der Waals surface area contributed by atoms with Crippen molar-refractivity contribution < 1.29 is 0 Å². The van der Waals surface area contributed by atoms with Crippen LogP contribution in [0.2, 0.25) is 0 Å². The van der Waals surface area contributed by atoms with Crippen LogP contribution in [0, 0.1) is 0 Å². The summed E-state index contributed by atoms with van der Waals surface area (Å²) in [5.41, 5.74) is 8.49. The molecule has 2 heterocycles. The first-order valence-electron chi connectivity index (χ1n) is 10.8. The number of allylic oxidation sites excluding steroid dienone is 4. The maximum absolute atomic E-state index is 5.03. The Kier molecular flexibility index (Phi) is 5.50. The second kappa shape index (κ2) is 8.91. The Labute approximate surface area is 189 Å². The minimum absolute atomic E-state index is 0.751. The number of benzene rings is 3. The Balaban J connectivity index is 1.72. The predicted octanol–water partition coefficient (Wildman–Crippen LogP) is 7.69. The van der Waals surface area contributed by atoms with Gasteiger partial charge in [0.05, 0.1) is 11.4 Å². The molecule has 0 spiro atoms. The number of hydrogen-bond acceptors (Lipinski definition) is 2. The van der Waals surface area contributed by atoms with Crippen molar-refractivity contribution in [1.29, 1.82) is 0 Å². The predicted molar refractivity (Wildman–Crippen MR) is 136 cm³/mol. The first-order valence-corrected chi connectivity index (χ1v) is 10.8. The molecule has 1 aromatic heterocycles. The molecule has 1 aliphatic rings. The topological polar surface area (TPSA) is 16.1 Å². The third-order valence-electron chi connectivity index (χ3n) is 5.63. The van der Waals surface area contributed by atoms with Gasteiger partial charge in [0, 0.05) is 34.6 Å². The lowest BCUT2D eigenvalue weighted by Gasteiger charge is -2.27. The average molecular weight is 413 g/mol. The summed E-state index contributed by atoms with van der Waals surface area (Å²) in [6, 6.07) is 33.5. The van der Waals surface area contributed by atoms with E-state index in [2.05, 4.69) is 121 Å². The van der Waals surface area contributed by atoms with E-state index in [1.54, 1.807) is 0 Å². The molecule has 4 aromatic rings. The van der Waals surface area contributed by atoms with Crippen molar-refractivity contribution in [2.75, 3.05) is 11.4 Å². The van der Waals surface area contributed by atoms with Crippen LogP contribution in [0.15, 0.2) is 128 Å². The Morgan fingerprint density at radius 1 is 0.688 bits per heavy atom. The minimum atomic E-state index is 0.751. The highest BCUT2D eigenvalue weighted by Crippen LogP contribution is 2.36. The number of nitrogens with zero attached hydrogens (tertiary/aromatic N) is 2. The van der Waals surface area contributed by atoms with Crippen molar-refractivity contribution in [3.8, 4) is 22.5 Å². The number of para-hydroxylation sites is 1. The van der Waals surface area contributed by atoms with Crippen LogP contribution in [0.5, 0.6) is 0 Å². The molecule has 0 saturated heterocycles. The summed E-state index contributed by atoms with van der Waals surface area (Å²) >= 11 is 0. The molecule has 5 rings (SSSR count). The summed E-state index contributed by atoms with van der Waals surface area (Å²) < 4.78 is 0. The zero-order chi connectivity index (χ0) is 21.8. The monoisotopic (exact) mass is 412 g/mol. The third kappa shape index (κ3) is 4.03. The standard InChI is InChI=1S/C30H24N2/c1-23-13-5-4-12-20-32(30-19-11-10-18-27(23)30)26-21-28(24-14-6-2-7-15-24)31-29(22-26)25-16-8-3-9-17-25/h2-19,21-22H,1,20H2/b12-4-,13-5-. The Hall–Kier alpha value is -4.17. The van der Waals surface area contributed by atoms with Crippen LogP contribution in [0.1, 0.15) is 5.56 Å². The van der Waals surface area contributed by atoms with E-state index in [9.17, 15) is 0 Å². The van der Waals surface area contributed by atoms with E-state index in [0.29, 0.717) is 0 Å². The Morgan fingerprint density at radius 2 is 1.28 bits per heavy atom. The van der Waals surface area contributed by atoms with Crippen molar-refractivity contribution in [2.24, 2.45) is 0 Å². The summed E-state index contributed by atoms with van der Waals surface area (Å²) in [5, 5.41) is 0. The van der Waals surface area contributed by atoms with Gasteiger partial charge in [-0.2, -0.15) is 0 Å². The van der Waals surface area contributed by atoms with Gasteiger partial charge in [0.15, 0.2) is 0 Å². The molecule has 0 atom stereocenters. The fraction of sp³-hybridized carbons (Fsp3) is 0.0333. The van der Waals surface area contributed by atoms with Gasteiger partial charge in [-0.15, -0.1) is 0 Å². The fourth-order valence-electron chi connectivity index (χ4n) is 4.02. The van der Waals surface area contributed by atoms with E-state index in [-0.39, 0.29) is 0 Å². The van der Waals surface area contributed by atoms with Crippen LogP contribution in [0.25, 0.3) is 28.1 Å². The SMILES string of the molecule is C=C1/C=C\C=C/CN(c2cc(-c3ccccc3)nc(-c3ccccc3)c2)c2ccccc21. The maximum Gasteiger partial charge on any atom is 0.0730 e. The van der Waals surface area contributed by atoms with Gasteiger partial charge in [-0.3, -0.25) is 0 Å². The molecule has 0 fully saturated rings. The number of pyridine rings is 1. The van der Waals surface area contributed by atoms with E-state index in [1.807, 2.05) is 12.1 Å². The molecule has 0 saturated carbocycles. The molecule has 0 N–H and O–H groups in total. The summed E-state index contributed by atoms with van der Waals surface area (Å²) in [5.74, 6) is 0. The van der Waals surface area contributed by atoms with Gasteiger partial charge < -0.3 is 4.90 Å². The zero-order valence-electron chi connectivity index (χ0n) is 17.9. The molecule has 2 nitrogen and oxygen atoms in total. The van der Waals surface area contributed by atoms with E-state index < -0.39 is 0 Å². The van der Waals surface area contributed by atoms with Crippen molar-refractivity contribution in [1.82, 2.24) is 4.98 Å². The molecular formula is C30H24N2. The van der Waals surface area contributed by atoms with Gasteiger partial charge in [-0.05, 0) is 23.8 Å². The van der Waals surface area contributed by atoms with E-state index >= 15 is 0 Å². The molecule has 0 amide bonds. The van der Waals surface area contributed by atoms with Gasteiger partial charge in [0.2, 0.25) is 0 Å². The van der Waals surface area contributed by atoms with Gasteiger partial charge in [0.1, 0.15) is 0 Å². The summed E-state index contributed by atoms with van der Waals surface area (Å²) in [4.78, 5) is 7.36. The first-order chi connectivity index (χ1) is 15.8. The molecule has 0 aliphatic carbocycles. The lowest BCUT2D eigenvalue weighted by atomic mass is 10.0. The summed E-state index contributed by atoms with van der Waals surface area (Å²) in [6.45, 7) is 5.05. The second-order valence-electron chi connectivity index (χ2n) is 7.77. The van der Waals surface area contributed by atoms with Crippen molar-refractivity contribution in [3.63, 3.8) is 0 Å². The van der Waals surface area contributed by atoms with E-state index in [1.165, 1.54) is 0 Å². The van der Waals surface area contributed by atoms with Gasteiger partial charge in [-0.25, -0.2) is 4.98 Å². The third-order valence-corrected chi connectivity index (χ3v) is 5.63. The zero-order valence-corrected chi connectivity index (χ0v) is 17.9. The molecular weight excluding hydrogens is 388 g/mol. The summed E-state index contributed by atoms with van der Waals surface area (Å²) in [6.07, 6.45) is 8.38. The lowest BCUT2D eigenvalue weighted by molar-refractivity contribution is 1.09. The quantitative estimate of drug-likeness (QED) is 0.343. The normalized spacial score (nSPS) is 15.2. The molecule has 0 unspecified atom stereocenters. The van der Waals surface area contributed by atoms with Gasteiger partial charge in [-0.1, -0.05) is 110 Å². The highest BCUT2D eigenvalue weighted by Gasteiger charge is 2.17. The second-order valence-corrected chi connectivity index (χ2v) is 7.77. The molecule has 1 aliphatic heterocycles. The van der Waals surface area contributed by atoms with Gasteiger partial charge >= 0.3 is 0 Å². The van der Waals surface area contributed by atoms with Crippen LogP contribution in [-0.4, -0.2) is 11.5 Å². The lowest BCUT2D eigenvalue weighted by Crippen LogP contribution is -2.18. The van der Waals surface area contributed by atoms with Crippen LogP contribution in [0.4, 0.5) is 11.4 Å². The van der Waals surface area contributed by atoms with Crippen LogP contribution in [0.3, 0.4) is 0 Å². The number of anilines is 2. The van der Waals surface area contributed by atoms with Crippen LogP contribution < -0.4 is 4.90 Å². The van der Waals surface area contributed by atoms with Crippen molar-refractivity contribution in [2.45, 2.75) is 0 Å². The number of rotatable bonds is 3. The molecule has 0 bridgehead atoms. The fourth-order valence-corrected chi connectivity index (χ4v) is 4.02. The number of hydrogen-bond donors (Lipinski definition) is 0. The molecule has 2 heteroatoms. The molecule has 32 heavy (non-hydrogen) atoms. The highest BCUT2D eigenvalue weighted by atomic mass is 15.1.